The summed E-state index contributed by atoms with van der Waals surface area (Å²) in [6.07, 6.45) is 0.175. The van der Waals surface area contributed by atoms with Crippen molar-refractivity contribution in [2.24, 2.45) is 5.73 Å². The third-order valence-corrected chi connectivity index (χ3v) is 3.72. The lowest BCUT2D eigenvalue weighted by molar-refractivity contribution is -0.384. The third kappa shape index (κ3) is 4.02. The average molecular weight is 348 g/mol. The van der Waals surface area contributed by atoms with Crippen LogP contribution in [0.2, 0.25) is 0 Å². The van der Waals surface area contributed by atoms with E-state index in [2.05, 4.69) is 10.3 Å². The maximum atomic E-state index is 11.3. The summed E-state index contributed by atoms with van der Waals surface area (Å²) in [4.78, 5) is 26.2. The van der Waals surface area contributed by atoms with E-state index >= 15 is 0 Å². The second-order valence-electron chi connectivity index (χ2n) is 5.65. The Bertz CT molecular complexity index is 941. The minimum atomic E-state index is -0.447. The molecule has 0 aliphatic rings. The van der Waals surface area contributed by atoms with Crippen LogP contribution in [0.15, 0.2) is 66.7 Å². The molecule has 7 heteroatoms. The number of nitrogens with zero attached hydrogens (tertiary/aromatic N) is 2. The number of carbonyl (C=O) groups is 1. The molecule has 130 valence electrons. The van der Waals surface area contributed by atoms with Gasteiger partial charge < -0.3 is 11.1 Å². The molecule has 1 aromatic heterocycles. The molecule has 3 rings (SSSR count). The van der Waals surface area contributed by atoms with Gasteiger partial charge in [0.1, 0.15) is 5.82 Å². The normalized spacial score (nSPS) is 10.3. The van der Waals surface area contributed by atoms with Crippen LogP contribution in [0, 0.1) is 10.1 Å². The molecule has 0 bridgehead atoms. The number of aromatic nitrogens is 1. The zero-order valence-corrected chi connectivity index (χ0v) is 13.8. The molecule has 0 aliphatic carbocycles. The van der Waals surface area contributed by atoms with Gasteiger partial charge in [-0.05, 0) is 23.8 Å². The number of primary amides is 1. The lowest BCUT2D eigenvalue weighted by atomic mass is 10.1. The van der Waals surface area contributed by atoms with E-state index in [0.717, 1.165) is 11.3 Å². The lowest BCUT2D eigenvalue weighted by Gasteiger charge is -2.09. The first-order valence-electron chi connectivity index (χ1n) is 7.88. The van der Waals surface area contributed by atoms with Crippen LogP contribution in [0.1, 0.15) is 5.56 Å². The molecule has 1 amide bonds. The monoisotopic (exact) mass is 348 g/mol. The third-order valence-electron chi connectivity index (χ3n) is 3.72. The van der Waals surface area contributed by atoms with Crippen LogP contribution in [0.3, 0.4) is 0 Å². The predicted molar refractivity (Wildman–Crippen MR) is 99.0 cm³/mol. The molecule has 0 atom stereocenters. The van der Waals surface area contributed by atoms with Crippen molar-refractivity contribution < 1.29 is 9.72 Å². The average Bonchev–Trinajstić information content (AvgIpc) is 2.63. The molecule has 0 unspecified atom stereocenters. The Morgan fingerprint density at radius 1 is 1.04 bits per heavy atom. The van der Waals surface area contributed by atoms with Gasteiger partial charge in [0.25, 0.3) is 5.69 Å². The largest absolute Gasteiger partial charge is 0.369 e. The van der Waals surface area contributed by atoms with Crippen molar-refractivity contribution in [2.45, 2.75) is 6.42 Å². The topological polar surface area (TPSA) is 111 Å². The number of nitro groups is 1. The predicted octanol–water partition coefficient (Wildman–Crippen LogP) is 3.43. The Labute approximate surface area is 149 Å². The van der Waals surface area contributed by atoms with Gasteiger partial charge in [-0.3, -0.25) is 14.9 Å². The summed E-state index contributed by atoms with van der Waals surface area (Å²) in [6, 6.07) is 19.2. The highest BCUT2D eigenvalue weighted by Gasteiger charge is 2.17. The fourth-order valence-corrected chi connectivity index (χ4v) is 2.53. The summed E-state index contributed by atoms with van der Waals surface area (Å²) < 4.78 is 0. The highest BCUT2D eigenvalue weighted by Crippen LogP contribution is 2.30. The molecule has 0 fully saturated rings. The number of anilines is 2. The van der Waals surface area contributed by atoms with Crippen molar-refractivity contribution in [3.63, 3.8) is 0 Å². The van der Waals surface area contributed by atoms with Crippen LogP contribution in [0.5, 0.6) is 0 Å². The lowest BCUT2D eigenvalue weighted by Crippen LogP contribution is -2.13. The van der Waals surface area contributed by atoms with E-state index in [0.29, 0.717) is 17.1 Å². The summed E-state index contributed by atoms with van der Waals surface area (Å²) in [5.41, 5.74) is 7.64. The second-order valence-corrected chi connectivity index (χ2v) is 5.65. The van der Waals surface area contributed by atoms with Crippen LogP contribution in [-0.4, -0.2) is 15.8 Å². The number of hydrogen-bond donors (Lipinski definition) is 2. The molecule has 26 heavy (non-hydrogen) atoms. The summed E-state index contributed by atoms with van der Waals surface area (Å²) in [5, 5.41) is 14.4. The van der Waals surface area contributed by atoms with Crippen LogP contribution in [0.4, 0.5) is 17.2 Å². The number of benzene rings is 2. The fourth-order valence-electron chi connectivity index (χ4n) is 2.53. The van der Waals surface area contributed by atoms with Gasteiger partial charge in [0.15, 0.2) is 5.69 Å². The van der Waals surface area contributed by atoms with Crippen LogP contribution in [0.25, 0.3) is 11.3 Å². The number of nitrogens with two attached hydrogens (primary N) is 1. The first kappa shape index (κ1) is 17.1. The van der Waals surface area contributed by atoms with Gasteiger partial charge in [-0.15, -0.1) is 0 Å². The van der Waals surface area contributed by atoms with Crippen LogP contribution in [-0.2, 0) is 11.2 Å². The van der Waals surface area contributed by atoms with Crippen LogP contribution >= 0.6 is 0 Å². The molecule has 3 aromatic rings. The number of carbonyl (C=O) groups excluding carboxylic acids is 1. The molecule has 2 aromatic carbocycles. The van der Waals surface area contributed by atoms with Crippen molar-refractivity contribution in [3.05, 3.63) is 82.4 Å². The van der Waals surface area contributed by atoms with E-state index in [1.807, 2.05) is 6.07 Å². The molecule has 0 spiro atoms. The number of rotatable bonds is 6. The Balaban J connectivity index is 1.89. The van der Waals surface area contributed by atoms with Gasteiger partial charge >= 0.3 is 0 Å². The summed E-state index contributed by atoms with van der Waals surface area (Å²) in [6.45, 7) is 0. The first-order valence-corrected chi connectivity index (χ1v) is 7.88. The van der Waals surface area contributed by atoms with E-state index in [-0.39, 0.29) is 12.1 Å². The van der Waals surface area contributed by atoms with E-state index in [1.54, 1.807) is 54.6 Å². The fraction of sp³-hybridized carbons (Fsp3) is 0.0526. The molecule has 0 aliphatic heterocycles. The first-order chi connectivity index (χ1) is 12.5. The Morgan fingerprint density at radius 2 is 1.73 bits per heavy atom. The number of nitrogens with one attached hydrogen (secondary N) is 1. The van der Waals surface area contributed by atoms with Crippen molar-refractivity contribution >= 4 is 23.1 Å². The minimum absolute atomic E-state index is 0.0569. The van der Waals surface area contributed by atoms with Crippen molar-refractivity contribution in [2.75, 3.05) is 5.32 Å². The van der Waals surface area contributed by atoms with E-state index in [9.17, 15) is 14.9 Å². The Kier molecular flexibility index (Phi) is 4.89. The van der Waals surface area contributed by atoms with Crippen molar-refractivity contribution in [1.82, 2.24) is 4.98 Å². The molecular weight excluding hydrogens is 332 g/mol. The van der Waals surface area contributed by atoms with Crippen molar-refractivity contribution in [3.8, 4) is 11.3 Å². The molecule has 0 radical (unpaired) electrons. The minimum Gasteiger partial charge on any atom is -0.369 e. The second kappa shape index (κ2) is 7.43. The maximum Gasteiger partial charge on any atom is 0.295 e. The number of hydrogen-bond acceptors (Lipinski definition) is 5. The summed E-state index contributed by atoms with van der Waals surface area (Å²) >= 11 is 0. The molecule has 0 saturated carbocycles. The zero-order valence-electron chi connectivity index (χ0n) is 13.8. The molecule has 3 N–H and O–H groups in total. The van der Waals surface area contributed by atoms with Gasteiger partial charge in [0.2, 0.25) is 5.91 Å². The Morgan fingerprint density at radius 3 is 2.35 bits per heavy atom. The summed E-state index contributed by atoms with van der Waals surface area (Å²) in [5.74, 6) is 0.0901. The van der Waals surface area contributed by atoms with Gasteiger partial charge in [-0.1, -0.05) is 42.5 Å². The molecule has 7 nitrogen and oxygen atoms in total. The zero-order chi connectivity index (χ0) is 18.5. The Hall–Kier alpha value is -3.74. The maximum absolute atomic E-state index is 11.3. The van der Waals surface area contributed by atoms with Crippen molar-refractivity contribution in [1.29, 1.82) is 0 Å². The van der Waals surface area contributed by atoms with E-state index in [4.69, 9.17) is 5.73 Å². The van der Waals surface area contributed by atoms with Gasteiger partial charge in [0, 0.05) is 17.3 Å². The quantitative estimate of drug-likeness (QED) is 0.523. The summed E-state index contributed by atoms with van der Waals surface area (Å²) in [7, 11) is 0. The standard InChI is InChI=1S/C19H16N4O3/c20-17(24)12-13-6-8-15(9-7-13)21-18-11-10-16(23(25)26)19(22-18)14-4-2-1-3-5-14/h1-11H,12H2,(H2,20,24)(H,21,22). The van der Waals surface area contributed by atoms with Gasteiger partial charge in [0.05, 0.1) is 11.3 Å². The smallest absolute Gasteiger partial charge is 0.295 e. The van der Waals surface area contributed by atoms with Crippen LogP contribution < -0.4 is 11.1 Å². The number of pyridine rings is 1. The van der Waals surface area contributed by atoms with Gasteiger partial charge in [-0.25, -0.2) is 4.98 Å². The molecular formula is C19H16N4O3. The SMILES string of the molecule is NC(=O)Cc1ccc(Nc2ccc([N+](=O)[O-])c(-c3ccccc3)n2)cc1. The van der Waals surface area contributed by atoms with Gasteiger partial charge in [-0.2, -0.15) is 0 Å². The highest BCUT2D eigenvalue weighted by molar-refractivity contribution is 5.77. The molecule has 0 saturated heterocycles. The van der Waals surface area contributed by atoms with E-state index in [1.165, 1.54) is 6.07 Å². The van der Waals surface area contributed by atoms with E-state index < -0.39 is 10.8 Å². The molecule has 1 heterocycles. The highest BCUT2D eigenvalue weighted by atomic mass is 16.6. The number of amides is 1.